The fourth-order valence-electron chi connectivity index (χ4n) is 2.57. The van der Waals surface area contributed by atoms with Gasteiger partial charge in [-0.25, -0.2) is 0 Å². The standard InChI is InChI=1S/C12H22N2O3/c1-14(9-3-5-17-6-4-9)12(15)11-7-10(16-2)8-13-11/h9-11,13H,3-8H2,1-2H3. The van der Waals surface area contributed by atoms with E-state index in [4.69, 9.17) is 9.47 Å². The Bertz CT molecular complexity index is 266. The first-order valence-corrected chi connectivity index (χ1v) is 6.33. The van der Waals surface area contributed by atoms with Gasteiger partial charge in [-0.05, 0) is 19.3 Å². The van der Waals surface area contributed by atoms with Crippen molar-refractivity contribution in [3.05, 3.63) is 0 Å². The number of methoxy groups -OCH3 is 1. The molecule has 2 saturated heterocycles. The van der Waals surface area contributed by atoms with Crippen molar-refractivity contribution in [2.45, 2.75) is 37.5 Å². The van der Waals surface area contributed by atoms with Gasteiger partial charge in [0.05, 0.1) is 12.1 Å². The summed E-state index contributed by atoms with van der Waals surface area (Å²) in [7, 11) is 3.60. The van der Waals surface area contributed by atoms with E-state index in [2.05, 4.69) is 5.32 Å². The molecule has 2 fully saturated rings. The zero-order chi connectivity index (χ0) is 12.3. The van der Waals surface area contributed by atoms with E-state index in [1.54, 1.807) is 7.11 Å². The number of likely N-dealkylation sites (N-methyl/N-ethyl adjacent to an activating group) is 1. The van der Waals surface area contributed by atoms with Gasteiger partial charge in [-0.3, -0.25) is 4.79 Å². The van der Waals surface area contributed by atoms with E-state index in [1.165, 1.54) is 0 Å². The second-order valence-corrected chi connectivity index (χ2v) is 4.85. The highest BCUT2D eigenvalue weighted by Crippen LogP contribution is 2.17. The molecule has 5 heteroatoms. The third-order valence-corrected chi connectivity index (χ3v) is 3.81. The van der Waals surface area contributed by atoms with Crippen molar-refractivity contribution in [1.29, 1.82) is 0 Å². The van der Waals surface area contributed by atoms with Gasteiger partial charge in [0.25, 0.3) is 0 Å². The largest absolute Gasteiger partial charge is 0.381 e. The summed E-state index contributed by atoms with van der Waals surface area (Å²) in [4.78, 5) is 14.2. The van der Waals surface area contributed by atoms with Gasteiger partial charge >= 0.3 is 0 Å². The molecule has 5 nitrogen and oxygen atoms in total. The number of hydrogen-bond donors (Lipinski definition) is 1. The van der Waals surface area contributed by atoms with Crippen molar-refractivity contribution in [2.75, 3.05) is 33.9 Å². The van der Waals surface area contributed by atoms with Crippen molar-refractivity contribution in [3.63, 3.8) is 0 Å². The van der Waals surface area contributed by atoms with E-state index in [-0.39, 0.29) is 18.1 Å². The van der Waals surface area contributed by atoms with Crippen LogP contribution in [0.15, 0.2) is 0 Å². The van der Waals surface area contributed by atoms with E-state index < -0.39 is 0 Å². The monoisotopic (exact) mass is 242 g/mol. The van der Waals surface area contributed by atoms with Crippen molar-refractivity contribution in [3.8, 4) is 0 Å². The van der Waals surface area contributed by atoms with Crippen LogP contribution < -0.4 is 5.32 Å². The summed E-state index contributed by atoms with van der Waals surface area (Å²) >= 11 is 0. The van der Waals surface area contributed by atoms with Gasteiger partial charge in [-0.2, -0.15) is 0 Å². The van der Waals surface area contributed by atoms with Crippen LogP contribution in [0.5, 0.6) is 0 Å². The summed E-state index contributed by atoms with van der Waals surface area (Å²) in [5.41, 5.74) is 0. The summed E-state index contributed by atoms with van der Waals surface area (Å²) in [6, 6.07) is 0.257. The number of hydrogen-bond acceptors (Lipinski definition) is 4. The molecule has 0 aromatic rings. The smallest absolute Gasteiger partial charge is 0.239 e. The number of nitrogens with zero attached hydrogens (tertiary/aromatic N) is 1. The minimum atomic E-state index is -0.0761. The number of carbonyl (C=O) groups is 1. The van der Waals surface area contributed by atoms with E-state index in [0.717, 1.165) is 39.0 Å². The molecule has 0 bridgehead atoms. The van der Waals surface area contributed by atoms with Crippen LogP contribution >= 0.6 is 0 Å². The molecule has 0 saturated carbocycles. The van der Waals surface area contributed by atoms with Gasteiger partial charge < -0.3 is 19.7 Å². The number of amides is 1. The minimum Gasteiger partial charge on any atom is -0.381 e. The van der Waals surface area contributed by atoms with Gasteiger partial charge in [-0.1, -0.05) is 0 Å². The Labute approximate surface area is 102 Å². The molecule has 0 aromatic heterocycles. The maximum atomic E-state index is 12.3. The van der Waals surface area contributed by atoms with Crippen molar-refractivity contribution < 1.29 is 14.3 Å². The van der Waals surface area contributed by atoms with Crippen LogP contribution in [0.2, 0.25) is 0 Å². The van der Waals surface area contributed by atoms with Crippen molar-refractivity contribution in [2.24, 2.45) is 0 Å². The highest BCUT2D eigenvalue weighted by Gasteiger charge is 2.33. The summed E-state index contributed by atoms with van der Waals surface area (Å²) in [6.45, 7) is 2.30. The molecule has 17 heavy (non-hydrogen) atoms. The highest BCUT2D eigenvalue weighted by molar-refractivity contribution is 5.82. The molecule has 2 heterocycles. The third kappa shape index (κ3) is 2.97. The van der Waals surface area contributed by atoms with E-state index in [1.807, 2.05) is 11.9 Å². The molecule has 2 atom stereocenters. The van der Waals surface area contributed by atoms with Gasteiger partial charge in [0.15, 0.2) is 0 Å². The molecule has 2 unspecified atom stereocenters. The SMILES string of the molecule is COC1CNC(C(=O)N(C)C2CCOCC2)C1. The lowest BCUT2D eigenvalue weighted by molar-refractivity contribution is -0.135. The van der Waals surface area contributed by atoms with Crippen LogP contribution in [0.4, 0.5) is 0 Å². The summed E-state index contributed by atoms with van der Waals surface area (Å²) in [6.07, 6.45) is 2.85. The lowest BCUT2D eigenvalue weighted by Crippen LogP contribution is -2.48. The van der Waals surface area contributed by atoms with Crippen LogP contribution in [0.25, 0.3) is 0 Å². The first-order chi connectivity index (χ1) is 8.22. The molecule has 2 rings (SSSR count). The predicted molar refractivity (Wildman–Crippen MR) is 63.8 cm³/mol. The Kier molecular flexibility index (Phi) is 4.36. The Hall–Kier alpha value is -0.650. The van der Waals surface area contributed by atoms with E-state index >= 15 is 0 Å². The molecule has 2 aliphatic heterocycles. The lowest BCUT2D eigenvalue weighted by Gasteiger charge is -2.32. The van der Waals surface area contributed by atoms with Crippen molar-refractivity contribution >= 4 is 5.91 Å². The second-order valence-electron chi connectivity index (χ2n) is 4.85. The Balaban J connectivity index is 1.86. The van der Waals surface area contributed by atoms with E-state index in [0.29, 0.717) is 6.04 Å². The number of ether oxygens (including phenoxy) is 2. The Morgan fingerprint density at radius 1 is 1.41 bits per heavy atom. The lowest BCUT2D eigenvalue weighted by atomic mass is 10.1. The number of nitrogens with one attached hydrogen (secondary N) is 1. The molecular weight excluding hydrogens is 220 g/mol. The molecule has 98 valence electrons. The normalized spacial score (nSPS) is 30.5. The highest BCUT2D eigenvalue weighted by atomic mass is 16.5. The second kappa shape index (κ2) is 5.80. The molecule has 2 aliphatic rings. The summed E-state index contributed by atoms with van der Waals surface area (Å²) in [5, 5.41) is 3.23. The molecule has 0 radical (unpaired) electrons. The maximum absolute atomic E-state index is 12.3. The first-order valence-electron chi connectivity index (χ1n) is 6.33. The summed E-state index contributed by atoms with van der Waals surface area (Å²) < 4.78 is 10.6. The molecule has 1 N–H and O–H groups in total. The fraction of sp³-hybridized carbons (Fsp3) is 0.917. The fourth-order valence-corrected chi connectivity index (χ4v) is 2.57. The molecular formula is C12H22N2O3. The molecule has 1 amide bonds. The van der Waals surface area contributed by atoms with E-state index in [9.17, 15) is 4.79 Å². The first kappa shape index (κ1) is 12.8. The average Bonchev–Trinajstić information content (AvgIpc) is 2.87. The Morgan fingerprint density at radius 3 is 2.71 bits per heavy atom. The topological polar surface area (TPSA) is 50.8 Å². The van der Waals surface area contributed by atoms with Gasteiger partial charge in [0, 0.05) is 40.0 Å². The zero-order valence-corrected chi connectivity index (χ0v) is 10.6. The molecule has 0 spiro atoms. The maximum Gasteiger partial charge on any atom is 0.239 e. The van der Waals surface area contributed by atoms with Crippen LogP contribution in [0.3, 0.4) is 0 Å². The molecule has 0 aromatic carbocycles. The predicted octanol–water partition coefficient (Wildman–Crippen LogP) is 0.000700. The third-order valence-electron chi connectivity index (χ3n) is 3.81. The zero-order valence-electron chi connectivity index (χ0n) is 10.6. The average molecular weight is 242 g/mol. The van der Waals surface area contributed by atoms with Gasteiger partial charge in [0.1, 0.15) is 0 Å². The van der Waals surface area contributed by atoms with Gasteiger partial charge in [0.2, 0.25) is 5.91 Å². The number of carbonyl (C=O) groups excluding carboxylic acids is 1. The number of rotatable bonds is 3. The van der Waals surface area contributed by atoms with Crippen LogP contribution in [-0.2, 0) is 14.3 Å². The quantitative estimate of drug-likeness (QED) is 0.757. The van der Waals surface area contributed by atoms with Crippen LogP contribution in [-0.4, -0.2) is 62.9 Å². The van der Waals surface area contributed by atoms with Gasteiger partial charge in [-0.15, -0.1) is 0 Å². The van der Waals surface area contributed by atoms with Crippen LogP contribution in [0.1, 0.15) is 19.3 Å². The molecule has 0 aliphatic carbocycles. The van der Waals surface area contributed by atoms with Crippen molar-refractivity contribution in [1.82, 2.24) is 10.2 Å². The minimum absolute atomic E-state index is 0.0761. The Morgan fingerprint density at radius 2 is 2.12 bits per heavy atom. The summed E-state index contributed by atoms with van der Waals surface area (Å²) in [5.74, 6) is 0.191. The van der Waals surface area contributed by atoms with Crippen LogP contribution in [0, 0.1) is 0 Å².